The Bertz CT molecular complexity index is 1070. The predicted octanol–water partition coefficient (Wildman–Crippen LogP) is 2.00. The molecular weight excluding hydrogens is 346 g/mol. The largest absolute Gasteiger partial charge is 0.465 e. The van der Waals surface area contributed by atoms with Crippen LogP contribution in [-0.2, 0) is 11.3 Å². The highest BCUT2D eigenvalue weighted by Gasteiger charge is 2.11. The van der Waals surface area contributed by atoms with Crippen molar-refractivity contribution in [1.29, 1.82) is 0 Å². The van der Waals surface area contributed by atoms with E-state index in [1.54, 1.807) is 0 Å². The molecule has 3 aromatic rings. The summed E-state index contributed by atoms with van der Waals surface area (Å²) in [6.45, 7) is 1.01. The van der Waals surface area contributed by atoms with Gasteiger partial charge in [-0.15, -0.1) is 0 Å². The van der Waals surface area contributed by atoms with Gasteiger partial charge in [0.05, 0.1) is 23.6 Å². The van der Waals surface area contributed by atoms with Crippen molar-refractivity contribution in [2.24, 2.45) is 0 Å². The second-order valence-electron chi connectivity index (χ2n) is 6.25. The zero-order chi connectivity index (χ0) is 19.4. The van der Waals surface area contributed by atoms with Gasteiger partial charge in [-0.1, -0.05) is 18.2 Å². The Morgan fingerprint density at radius 1 is 1.15 bits per heavy atom. The number of anilines is 1. The number of nitrogens with zero attached hydrogens (tertiary/aromatic N) is 2. The van der Waals surface area contributed by atoms with Gasteiger partial charge in [0.1, 0.15) is 0 Å². The third kappa shape index (κ3) is 3.92. The minimum Gasteiger partial charge on any atom is -0.465 e. The Labute approximate surface area is 155 Å². The fourth-order valence-electron chi connectivity index (χ4n) is 2.98. The van der Waals surface area contributed by atoms with Crippen molar-refractivity contribution in [2.45, 2.75) is 13.0 Å². The van der Waals surface area contributed by atoms with E-state index < -0.39 is 11.7 Å². The number of carbonyl (C=O) groups is 1. The van der Waals surface area contributed by atoms with Crippen LogP contribution in [-0.4, -0.2) is 36.2 Å². The molecule has 0 radical (unpaired) electrons. The number of benzene rings is 2. The highest BCUT2D eigenvalue weighted by atomic mass is 16.5. The van der Waals surface area contributed by atoms with E-state index in [0.29, 0.717) is 30.4 Å². The van der Waals surface area contributed by atoms with Crippen LogP contribution in [0.5, 0.6) is 0 Å². The quantitative estimate of drug-likeness (QED) is 0.674. The lowest BCUT2D eigenvalue weighted by Gasteiger charge is -2.19. The topological polar surface area (TPSA) is 84.4 Å². The second kappa shape index (κ2) is 7.90. The Balaban J connectivity index is 1.80. The molecule has 0 saturated heterocycles. The maximum Gasteiger partial charge on any atom is 0.337 e. The van der Waals surface area contributed by atoms with Gasteiger partial charge < -0.3 is 14.6 Å². The average molecular weight is 367 g/mol. The lowest BCUT2D eigenvalue weighted by atomic mass is 10.1. The number of methoxy groups -OCH3 is 1. The van der Waals surface area contributed by atoms with E-state index in [4.69, 9.17) is 0 Å². The Kier molecular flexibility index (Phi) is 5.40. The molecule has 0 spiro atoms. The molecule has 0 amide bonds. The van der Waals surface area contributed by atoms with Crippen LogP contribution < -0.4 is 16.1 Å². The van der Waals surface area contributed by atoms with Gasteiger partial charge in [-0.05, 0) is 36.8 Å². The zero-order valence-electron chi connectivity index (χ0n) is 15.3. The minimum absolute atomic E-state index is 0.280. The first-order chi connectivity index (χ1) is 13.0. The van der Waals surface area contributed by atoms with Crippen molar-refractivity contribution in [3.05, 3.63) is 74.9 Å². The van der Waals surface area contributed by atoms with Gasteiger partial charge in [-0.25, -0.2) is 9.59 Å². The highest BCUT2D eigenvalue weighted by molar-refractivity contribution is 5.93. The summed E-state index contributed by atoms with van der Waals surface area (Å²) < 4.78 is 5.86. The van der Waals surface area contributed by atoms with E-state index in [-0.39, 0.29) is 11.1 Å². The first-order valence-corrected chi connectivity index (χ1v) is 8.62. The summed E-state index contributed by atoms with van der Waals surface area (Å²) in [5.74, 6) is -0.522. The molecule has 0 saturated carbocycles. The number of hydrogen-bond donors (Lipinski definition) is 1. The molecule has 0 aliphatic heterocycles. The van der Waals surface area contributed by atoms with E-state index in [1.165, 1.54) is 29.9 Å². The predicted molar refractivity (Wildman–Crippen MR) is 104 cm³/mol. The van der Waals surface area contributed by atoms with E-state index in [9.17, 15) is 14.4 Å². The summed E-state index contributed by atoms with van der Waals surface area (Å²) >= 11 is 0. The van der Waals surface area contributed by atoms with Crippen molar-refractivity contribution in [3.63, 3.8) is 0 Å². The maximum absolute atomic E-state index is 12.7. The van der Waals surface area contributed by atoms with Crippen LogP contribution >= 0.6 is 0 Å². The minimum atomic E-state index is -0.522. The van der Waals surface area contributed by atoms with E-state index in [0.717, 1.165) is 5.69 Å². The summed E-state index contributed by atoms with van der Waals surface area (Å²) in [5.41, 5.74) is 0.824. The third-order valence-electron chi connectivity index (χ3n) is 4.48. The molecule has 0 aliphatic carbocycles. The molecule has 0 fully saturated rings. The van der Waals surface area contributed by atoms with Crippen LogP contribution in [0.15, 0.2) is 58.1 Å². The summed E-state index contributed by atoms with van der Waals surface area (Å²) in [6, 6.07) is 14.4. The molecule has 140 valence electrons. The number of ether oxygens (including phenoxy) is 1. The second-order valence-corrected chi connectivity index (χ2v) is 6.25. The van der Waals surface area contributed by atoms with Crippen LogP contribution in [0.3, 0.4) is 0 Å². The van der Waals surface area contributed by atoms with Crippen LogP contribution in [0.4, 0.5) is 5.69 Å². The number of hydrogen-bond acceptors (Lipinski definition) is 5. The number of carbonyl (C=O) groups excluding carboxylic acids is 1. The molecule has 3 rings (SSSR count). The highest BCUT2D eigenvalue weighted by Crippen LogP contribution is 2.12. The van der Waals surface area contributed by atoms with Crippen molar-refractivity contribution in [3.8, 4) is 0 Å². The number of para-hydroxylation sites is 1. The van der Waals surface area contributed by atoms with Gasteiger partial charge >= 0.3 is 11.7 Å². The molecule has 0 bridgehead atoms. The molecule has 7 nitrogen and oxygen atoms in total. The Hall–Kier alpha value is -3.35. The van der Waals surface area contributed by atoms with Crippen molar-refractivity contribution >= 4 is 22.6 Å². The Morgan fingerprint density at radius 3 is 2.59 bits per heavy atom. The van der Waals surface area contributed by atoms with Crippen LogP contribution in [0, 0.1) is 0 Å². The third-order valence-corrected chi connectivity index (χ3v) is 4.48. The van der Waals surface area contributed by atoms with Gasteiger partial charge in [0.15, 0.2) is 0 Å². The van der Waals surface area contributed by atoms with Gasteiger partial charge in [0.25, 0.3) is 5.56 Å². The van der Waals surface area contributed by atoms with Gasteiger partial charge in [-0.3, -0.25) is 9.36 Å². The molecule has 0 unspecified atom stereocenters. The summed E-state index contributed by atoms with van der Waals surface area (Å²) in [7, 11) is 3.25. The smallest absolute Gasteiger partial charge is 0.337 e. The monoisotopic (exact) mass is 367 g/mol. The number of esters is 1. The molecule has 27 heavy (non-hydrogen) atoms. The first-order valence-electron chi connectivity index (χ1n) is 8.62. The molecule has 1 heterocycles. The van der Waals surface area contributed by atoms with Crippen molar-refractivity contribution in [2.75, 3.05) is 25.6 Å². The number of nitrogens with one attached hydrogen (secondary N) is 1. The van der Waals surface area contributed by atoms with Crippen LogP contribution in [0.2, 0.25) is 0 Å². The normalized spacial score (nSPS) is 10.7. The van der Waals surface area contributed by atoms with Gasteiger partial charge in [0, 0.05) is 25.8 Å². The number of aromatic nitrogens is 2. The van der Waals surface area contributed by atoms with Gasteiger partial charge in [-0.2, -0.15) is 0 Å². The first kappa shape index (κ1) is 18.4. The summed E-state index contributed by atoms with van der Waals surface area (Å²) in [5, 5.41) is 0.360. The number of rotatable bonds is 6. The SMILES string of the molecule is COC(=O)c1ccc2c(=O)n(CCCN(C)c3ccccc3)c(=O)[nH]c2c1. The van der Waals surface area contributed by atoms with E-state index >= 15 is 0 Å². The molecular formula is C20H21N3O4. The fourth-order valence-corrected chi connectivity index (χ4v) is 2.98. The summed E-state index contributed by atoms with van der Waals surface area (Å²) in [6.07, 6.45) is 0.639. The average Bonchev–Trinajstić information content (AvgIpc) is 2.69. The number of H-pyrrole nitrogens is 1. The lowest BCUT2D eigenvalue weighted by Crippen LogP contribution is -2.36. The van der Waals surface area contributed by atoms with Gasteiger partial charge in [0.2, 0.25) is 0 Å². The van der Waals surface area contributed by atoms with Crippen LogP contribution in [0.1, 0.15) is 16.8 Å². The Morgan fingerprint density at radius 2 is 1.89 bits per heavy atom. The van der Waals surface area contributed by atoms with E-state index in [2.05, 4.69) is 14.6 Å². The fraction of sp³-hybridized carbons (Fsp3) is 0.250. The molecule has 0 aliphatic rings. The molecule has 2 aromatic carbocycles. The summed E-state index contributed by atoms with van der Waals surface area (Å²) in [4.78, 5) is 41.3. The standard InChI is InChI=1S/C20H21N3O4/c1-22(15-7-4-3-5-8-15)11-6-12-23-18(24)16-10-9-14(19(25)27-2)13-17(16)21-20(23)26/h3-5,7-10,13H,6,11-12H2,1-2H3,(H,21,26). The molecule has 1 aromatic heterocycles. The van der Waals surface area contributed by atoms with Crippen molar-refractivity contribution < 1.29 is 9.53 Å². The maximum atomic E-state index is 12.7. The molecule has 0 atom stereocenters. The molecule has 7 heteroatoms. The van der Waals surface area contributed by atoms with Crippen LogP contribution in [0.25, 0.3) is 10.9 Å². The van der Waals surface area contributed by atoms with E-state index in [1.807, 2.05) is 37.4 Å². The molecule has 1 N–H and O–H groups in total. The zero-order valence-corrected chi connectivity index (χ0v) is 15.3. The number of fused-ring (bicyclic) bond motifs is 1. The lowest BCUT2D eigenvalue weighted by molar-refractivity contribution is 0.0601. The number of aromatic amines is 1. The van der Waals surface area contributed by atoms with Crippen molar-refractivity contribution in [1.82, 2.24) is 9.55 Å².